The summed E-state index contributed by atoms with van der Waals surface area (Å²) < 4.78 is 12.5. The molecular formula is C38H41N3O2Pt. The summed E-state index contributed by atoms with van der Waals surface area (Å²) in [5.41, 5.74) is 7.31. The zero-order chi connectivity index (χ0) is 30.7. The quantitative estimate of drug-likeness (QED) is 0.194. The van der Waals surface area contributed by atoms with E-state index in [0.29, 0.717) is 24.0 Å². The molecule has 3 aromatic carbocycles. The van der Waals surface area contributed by atoms with E-state index in [9.17, 15) is 0 Å². The summed E-state index contributed by atoms with van der Waals surface area (Å²) in [6.45, 7) is 20.4. The van der Waals surface area contributed by atoms with Crippen LogP contribution in [0.3, 0.4) is 0 Å². The molecule has 0 aliphatic carbocycles. The van der Waals surface area contributed by atoms with Crippen LogP contribution in [0.5, 0.6) is 11.5 Å². The van der Waals surface area contributed by atoms with Gasteiger partial charge in [0.2, 0.25) is 0 Å². The van der Waals surface area contributed by atoms with Gasteiger partial charge in [-0.15, -0.1) is 29.3 Å². The van der Waals surface area contributed by atoms with E-state index in [1.807, 2.05) is 31.3 Å². The number of hydrogen-bond acceptors (Lipinski definition) is 5. The SMILES string of the molecule is Cc1cc(Oc2[c-]c3c(cc2)C(C)(C)c2ccccc2N3c2cc(C(C)(C)C)ccn2)[c-]c(C2=N[C@H](C(C)(C)C)CO2)c1.[Pt+2]. The second kappa shape index (κ2) is 11.5. The molecule has 0 N–H and O–H groups in total. The molecule has 0 saturated heterocycles. The van der Waals surface area contributed by atoms with Gasteiger partial charge < -0.3 is 14.4 Å². The Morgan fingerprint density at radius 1 is 0.909 bits per heavy atom. The molecule has 0 saturated carbocycles. The van der Waals surface area contributed by atoms with Gasteiger partial charge in [-0.05, 0) is 45.6 Å². The summed E-state index contributed by atoms with van der Waals surface area (Å²) in [4.78, 5) is 11.9. The number of benzene rings is 3. The Kier molecular flexibility index (Phi) is 8.35. The molecule has 2 aliphatic rings. The Labute approximate surface area is 277 Å². The van der Waals surface area contributed by atoms with E-state index in [1.54, 1.807) is 0 Å². The molecule has 2 aliphatic heterocycles. The number of aryl methyl sites for hydroxylation is 1. The largest absolute Gasteiger partial charge is 2.00 e. The van der Waals surface area contributed by atoms with Crippen LogP contribution >= 0.6 is 0 Å². The molecule has 0 bridgehead atoms. The first-order valence-corrected chi connectivity index (χ1v) is 15.1. The fraction of sp³-hybridized carbons (Fsp3) is 0.368. The molecule has 6 heteroatoms. The Balaban J connectivity index is 0.00000384. The van der Waals surface area contributed by atoms with Crippen LogP contribution in [0, 0.1) is 24.5 Å². The predicted octanol–water partition coefficient (Wildman–Crippen LogP) is 9.38. The zero-order valence-corrected chi connectivity index (χ0v) is 29.4. The van der Waals surface area contributed by atoms with Crippen LogP contribution in [-0.2, 0) is 36.6 Å². The number of para-hydroxylation sites is 1. The summed E-state index contributed by atoms with van der Waals surface area (Å²) >= 11 is 0. The van der Waals surface area contributed by atoms with E-state index in [4.69, 9.17) is 19.5 Å². The number of anilines is 3. The average Bonchev–Trinajstić information content (AvgIpc) is 3.44. The van der Waals surface area contributed by atoms with Crippen molar-refractivity contribution in [2.75, 3.05) is 11.5 Å². The minimum absolute atomic E-state index is 0. The van der Waals surface area contributed by atoms with Crippen LogP contribution in [0.25, 0.3) is 0 Å². The number of aromatic nitrogens is 1. The molecule has 1 aromatic heterocycles. The molecule has 0 unspecified atom stereocenters. The second-order valence-corrected chi connectivity index (χ2v) is 14.4. The molecule has 4 aromatic rings. The normalized spacial score (nSPS) is 17.2. The summed E-state index contributed by atoms with van der Waals surface area (Å²) in [5, 5.41) is 0. The first-order chi connectivity index (χ1) is 20.2. The number of aliphatic imine (C=N–C) groups is 1. The van der Waals surface area contributed by atoms with E-state index in [1.165, 1.54) is 11.1 Å². The minimum atomic E-state index is -0.233. The van der Waals surface area contributed by atoms with Crippen molar-refractivity contribution in [3.63, 3.8) is 0 Å². The van der Waals surface area contributed by atoms with Crippen molar-refractivity contribution in [2.45, 2.75) is 79.2 Å². The van der Waals surface area contributed by atoms with Crippen LogP contribution in [-0.4, -0.2) is 23.5 Å². The van der Waals surface area contributed by atoms with Gasteiger partial charge in [0.25, 0.3) is 0 Å². The Bertz CT molecular complexity index is 1730. The molecule has 230 valence electrons. The van der Waals surface area contributed by atoms with Crippen molar-refractivity contribution < 1.29 is 30.5 Å². The van der Waals surface area contributed by atoms with Crippen LogP contribution in [0.2, 0.25) is 0 Å². The molecule has 5 nitrogen and oxygen atoms in total. The maximum atomic E-state index is 6.47. The first-order valence-electron chi connectivity index (χ1n) is 15.1. The average molecular weight is 767 g/mol. The first kappa shape index (κ1) is 32.0. The van der Waals surface area contributed by atoms with Crippen molar-refractivity contribution in [1.29, 1.82) is 0 Å². The van der Waals surface area contributed by atoms with E-state index in [0.717, 1.165) is 33.9 Å². The molecule has 0 fully saturated rings. The predicted molar refractivity (Wildman–Crippen MR) is 174 cm³/mol. The maximum Gasteiger partial charge on any atom is 2.00 e. The zero-order valence-electron chi connectivity index (χ0n) is 27.1. The third kappa shape index (κ3) is 5.96. The third-order valence-corrected chi connectivity index (χ3v) is 8.54. The minimum Gasteiger partial charge on any atom is -0.518 e. The smallest absolute Gasteiger partial charge is 0.518 e. The Morgan fingerprint density at radius 2 is 1.66 bits per heavy atom. The number of ether oxygens (including phenoxy) is 2. The van der Waals surface area contributed by atoms with Crippen LogP contribution < -0.4 is 9.64 Å². The van der Waals surface area contributed by atoms with Gasteiger partial charge >= 0.3 is 21.1 Å². The van der Waals surface area contributed by atoms with Gasteiger partial charge in [-0.25, -0.2) is 4.98 Å². The number of pyridine rings is 1. The van der Waals surface area contributed by atoms with Crippen molar-refractivity contribution in [2.24, 2.45) is 10.4 Å². The molecule has 1 atom stereocenters. The molecule has 0 spiro atoms. The second-order valence-electron chi connectivity index (χ2n) is 14.4. The van der Waals surface area contributed by atoms with E-state index >= 15 is 0 Å². The standard InChI is InChI=1S/C38H41N3O2.Pt/c1-24-18-25(35-40-33(23-42-35)37(5,6)7)20-28(19-24)43-27-14-15-30-32(22-27)41(31-13-11-10-12-29(31)38(30,8)9)34-21-26(16-17-39-34)36(2,3)4;/h10-19,21,33H,23H2,1-9H3;/q-2;+2/t33-;/m0./s1. The van der Waals surface area contributed by atoms with Gasteiger partial charge in [0.15, 0.2) is 0 Å². The molecule has 44 heavy (non-hydrogen) atoms. The molecule has 0 amide bonds. The van der Waals surface area contributed by atoms with Crippen molar-refractivity contribution >= 4 is 23.1 Å². The van der Waals surface area contributed by atoms with E-state index in [-0.39, 0.29) is 43.4 Å². The third-order valence-electron chi connectivity index (χ3n) is 8.54. The maximum absolute atomic E-state index is 6.47. The molecule has 6 rings (SSSR count). The Morgan fingerprint density at radius 3 is 2.36 bits per heavy atom. The van der Waals surface area contributed by atoms with Gasteiger partial charge in [-0.2, -0.15) is 6.07 Å². The van der Waals surface area contributed by atoms with Crippen LogP contribution in [0.15, 0.2) is 71.9 Å². The number of fused-ring (bicyclic) bond motifs is 2. The van der Waals surface area contributed by atoms with Gasteiger partial charge in [0, 0.05) is 23.4 Å². The van der Waals surface area contributed by atoms with Crippen molar-refractivity contribution in [3.8, 4) is 11.5 Å². The number of nitrogens with zero attached hydrogens (tertiary/aromatic N) is 3. The fourth-order valence-corrected chi connectivity index (χ4v) is 5.85. The van der Waals surface area contributed by atoms with Gasteiger partial charge in [0.05, 0.1) is 12.6 Å². The summed E-state index contributed by atoms with van der Waals surface area (Å²) in [7, 11) is 0. The summed E-state index contributed by atoms with van der Waals surface area (Å²) in [6.07, 6.45) is 1.90. The van der Waals surface area contributed by atoms with Gasteiger partial charge in [0.1, 0.15) is 11.7 Å². The van der Waals surface area contributed by atoms with Gasteiger partial charge in [-0.3, -0.25) is 4.99 Å². The fourth-order valence-electron chi connectivity index (χ4n) is 5.85. The van der Waals surface area contributed by atoms with E-state index < -0.39 is 0 Å². The molecular weight excluding hydrogens is 726 g/mol. The summed E-state index contributed by atoms with van der Waals surface area (Å²) in [6, 6.07) is 28.2. The molecule has 0 radical (unpaired) electrons. The van der Waals surface area contributed by atoms with Crippen molar-refractivity contribution in [1.82, 2.24) is 4.98 Å². The van der Waals surface area contributed by atoms with Crippen LogP contribution in [0.4, 0.5) is 17.2 Å². The van der Waals surface area contributed by atoms with Crippen LogP contribution in [0.1, 0.15) is 83.2 Å². The van der Waals surface area contributed by atoms with E-state index in [2.05, 4.69) is 115 Å². The number of hydrogen-bond donors (Lipinski definition) is 0. The number of rotatable bonds is 4. The van der Waals surface area contributed by atoms with Crippen molar-refractivity contribution in [3.05, 3.63) is 107 Å². The summed E-state index contributed by atoms with van der Waals surface area (Å²) in [5.74, 6) is 2.70. The topological polar surface area (TPSA) is 47.0 Å². The van der Waals surface area contributed by atoms with Gasteiger partial charge in [-0.1, -0.05) is 104 Å². The monoisotopic (exact) mass is 766 g/mol. The Hall–Kier alpha value is -3.43. The molecule has 3 heterocycles.